The van der Waals surface area contributed by atoms with Crippen molar-refractivity contribution in [3.05, 3.63) is 101 Å². The van der Waals surface area contributed by atoms with Gasteiger partial charge in [0.15, 0.2) is 11.5 Å². The molecule has 0 aliphatic rings. The number of aromatic nitrogens is 1. The second-order valence-electron chi connectivity index (χ2n) is 8.80. The Morgan fingerprint density at radius 1 is 0.868 bits per heavy atom. The van der Waals surface area contributed by atoms with E-state index in [1.165, 1.54) is 0 Å². The van der Waals surface area contributed by atoms with Crippen LogP contribution in [0, 0.1) is 6.92 Å². The molecule has 4 aromatic rings. The minimum Gasteiger partial charge on any atom is -0.488 e. The van der Waals surface area contributed by atoms with Gasteiger partial charge in [-0.25, -0.2) is 4.79 Å². The van der Waals surface area contributed by atoms with Gasteiger partial charge in [0.2, 0.25) is 0 Å². The first kappa shape index (κ1) is 28.5. The van der Waals surface area contributed by atoms with Gasteiger partial charge in [0.1, 0.15) is 24.7 Å². The zero-order chi connectivity index (χ0) is 27.5. The van der Waals surface area contributed by atoms with Gasteiger partial charge in [-0.3, -0.25) is 0 Å². The van der Waals surface area contributed by atoms with Gasteiger partial charge in [0.05, 0.1) is 12.2 Å². The van der Waals surface area contributed by atoms with Gasteiger partial charge < -0.3 is 18.7 Å². The number of hydrogen-bond donors (Lipinski definition) is 0. The minimum atomic E-state index is -0.511. The monoisotopic (exact) mass is 515 g/mol. The van der Waals surface area contributed by atoms with E-state index >= 15 is 0 Å². The molecular weight excluding hydrogens is 478 g/mol. The molecule has 3 aromatic carbocycles. The number of nitrogens with zero attached hydrogens (tertiary/aromatic N) is 1. The van der Waals surface area contributed by atoms with Gasteiger partial charge in [-0.1, -0.05) is 93.5 Å². The van der Waals surface area contributed by atoms with E-state index in [2.05, 4.69) is 19.0 Å². The lowest BCUT2D eigenvalue weighted by Gasteiger charge is -2.19. The van der Waals surface area contributed by atoms with Gasteiger partial charge in [-0.05, 0) is 42.5 Å². The molecule has 1 heterocycles. The van der Waals surface area contributed by atoms with Crippen molar-refractivity contribution in [3.8, 4) is 22.8 Å². The quantitative estimate of drug-likeness (QED) is 0.199. The second kappa shape index (κ2) is 14.0. The van der Waals surface area contributed by atoms with Gasteiger partial charge in [0, 0.05) is 11.6 Å². The van der Waals surface area contributed by atoms with Crippen LogP contribution >= 0.6 is 0 Å². The molecule has 0 saturated carbocycles. The Morgan fingerprint density at radius 2 is 1.42 bits per heavy atom. The van der Waals surface area contributed by atoms with E-state index in [9.17, 15) is 4.79 Å². The maximum absolute atomic E-state index is 12.4. The third-order valence-electron chi connectivity index (χ3n) is 5.85. The van der Waals surface area contributed by atoms with E-state index in [0.717, 1.165) is 22.4 Å². The molecule has 0 fully saturated rings. The Labute approximate surface area is 225 Å². The number of ether oxygens (including phenoxy) is 3. The highest BCUT2D eigenvalue weighted by atomic mass is 16.5. The molecule has 0 radical (unpaired) electrons. The molecule has 4 rings (SSSR count). The topological polar surface area (TPSA) is 70.8 Å². The van der Waals surface area contributed by atoms with Crippen LogP contribution in [0.15, 0.2) is 77.3 Å². The Hall–Kier alpha value is -4.06. The second-order valence-corrected chi connectivity index (χ2v) is 8.80. The molecule has 0 amide bonds. The Morgan fingerprint density at radius 3 is 1.95 bits per heavy atom. The summed E-state index contributed by atoms with van der Waals surface area (Å²) in [6.07, 6.45) is 0. The summed E-state index contributed by atoms with van der Waals surface area (Å²) in [7, 11) is 0. The van der Waals surface area contributed by atoms with Crippen molar-refractivity contribution in [1.82, 2.24) is 5.16 Å². The first-order chi connectivity index (χ1) is 18.5. The first-order valence-electron chi connectivity index (χ1n) is 13.1. The molecule has 0 atom stereocenters. The van der Waals surface area contributed by atoms with Crippen LogP contribution in [0.25, 0.3) is 11.3 Å². The van der Waals surface area contributed by atoms with Crippen LogP contribution in [0.5, 0.6) is 11.5 Å². The largest absolute Gasteiger partial charge is 0.488 e. The zero-order valence-corrected chi connectivity index (χ0v) is 23.1. The van der Waals surface area contributed by atoms with Gasteiger partial charge in [-0.2, -0.15) is 0 Å². The van der Waals surface area contributed by atoms with Gasteiger partial charge in [0.25, 0.3) is 0 Å². The number of carbonyl (C=O) groups excluding carboxylic acids is 1. The summed E-state index contributed by atoms with van der Waals surface area (Å²) in [4.78, 5) is 12.4. The average molecular weight is 516 g/mol. The number of rotatable bonds is 10. The summed E-state index contributed by atoms with van der Waals surface area (Å²) in [6.45, 7) is 12.8. The molecule has 6 heteroatoms. The van der Waals surface area contributed by atoms with Crippen molar-refractivity contribution < 1.29 is 23.5 Å². The normalized spacial score (nSPS) is 10.5. The van der Waals surface area contributed by atoms with Crippen molar-refractivity contribution >= 4 is 5.97 Å². The molecule has 0 bridgehead atoms. The predicted molar refractivity (Wildman–Crippen MR) is 150 cm³/mol. The van der Waals surface area contributed by atoms with Crippen LogP contribution in [-0.2, 0) is 18.0 Å². The fourth-order valence-corrected chi connectivity index (χ4v) is 3.90. The summed E-state index contributed by atoms with van der Waals surface area (Å²) in [5.74, 6) is 1.45. The summed E-state index contributed by atoms with van der Waals surface area (Å²) in [5.41, 5.74) is 4.59. The standard InChI is InChI=1S/C30H31NO5.C2H6/c1-5-33-30(32)28-21(4)29(36-31-28)25-16-24(20(2)3)26(34-18-22-12-8-6-9-13-22)17-27(25)35-19-23-14-10-7-11-15-23;1-2/h6-17,20H,5,18-19H2,1-4H3;1-2H3. The maximum atomic E-state index is 12.4. The fourth-order valence-electron chi connectivity index (χ4n) is 3.90. The smallest absolute Gasteiger partial charge is 0.360 e. The molecule has 0 unspecified atom stereocenters. The molecule has 0 spiro atoms. The van der Waals surface area contributed by atoms with Crippen LogP contribution in [0.2, 0.25) is 0 Å². The highest BCUT2D eigenvalue weighted by Crippen LogP contribution is 2.41. The zero-order valence-electron chi connectivity index (χ0n) is 23.1. The lowest BCUT2D eigenvalue weighted by Crippen LogP contribution is -2.06. The van der Waals surface area contributed by atoms with E-state index < -0.39 is 5.97 Å². The van der Waals surface area contributed by atoms with Crippen LogP contribution < -0.4 is 9.47 Å². The summed E-state index contributed by atoms with van der Waals surface area (Å²) < 4.78 is 23.4. The summed E-state index contributed by atoms with van der Waals surface area (Å²) in [5, 5.41) is 4.01. The van der Waals surface area contributed by atoms with Crippen LogP contribution in [0.4, 0.5) is 0 Å². The first-order valence-corrected chi connectivity index (χ1v) is 13.1. The van der Waals surface area contributed by atoms with Crippen LogP contribution in [0.1, 0.15) is 73.3 Å². The number of carbonyl (C=O) groups is 1. The van der Waals surface area contributed by atoms with Crippen LogP contribution in [-0.4, -0.2) is 17.7 Å². The number of benzene rings is 3. The summed E-state index contributed by atoms with van der Waals surface area (Å²) in [6, 6.07) is 23.9. The Kier molecular flexibility index (Phi) is 10.5. The fraction of sp³-hybridized carbons (Fsp3) is 0.312. The molecule has 0 saturated heterocycles. The molecule has 0 N–H and O–H groups in total. The molecule has 0 aliphatic heterocycles. The van der Waals surface area contributed by atoms with Crippen molar-refractivity contribution in [2.24, 2.45) is 0 Å². The highest BCUT2D eigenvalue weighted by Gasteiger charge is 2.25. The maximum Gasteiger partial charge on any atom is 0.360 e. The van der Waals surface area contributed by atoms with E-state index in [4.69, 9.17) is 18.7 Å². The third kappa shape index (κ3) is 7.03. The molecule has 200 valence electrons. The molecule has 6 nitrogen and oxygen atoms in total. The molecule has 1 aromatic heterocycles. The van der Waals surface area contributed by atoms with E-state index in [1.54, 1.807) is 13.8 Å². The molecular formula is C32H37NO5. The van der Waals surface area contributed by atoms with Crippen molar-refractivity contribution in [1.29, 1.82) is 0 Å². The SMILES string of the molecule is CC.CCOC(=O)c1noc(-c2cc(C(C)C)c(OCc3ccccc3)cc2OCc2ccccc2)c1C. The summed E-state index contributed by atoms with van der Waals surface area (Å²) >= 11 is 0. The van der Waals surface area contributed by atoms with E-state index in [0.29, 0.717) is 35.9 Å². The molecule has 38 heavy (non-hydrogen) atoms. The van der Waals surface area contributed by atoms with Crippen molar-refractivity contribution in [2.75, 3.05) is 6.61 Å². The van der Waals surface area contributed by atoms with Gasteiger partial charge in [-0.15, -0.1) is 0 Å². The van der Waals surface area contributed by atoms with E-state index in [1.807, 2.05) is 86.6 Å². The number of esters is 1. The third-order valence-corrected chi connectivity index (χ3v) is 5.85. The minimum absolute atomic E-state index is 0.163. The lowest BCUT2D eigenvalue weighted by molar-refractivity contribution is 0.0514. The van der Waals surface area contributed by atoms with Crippen molar-refractivity contribution in [3.63, 3.8) is 0 Å². The Bertz CT molecular complexity index is 1300. The molecule has 0 aliphatic carbocycles. The van der Waals surface area contributed by atoms with E-state index in [-0.39, 0.29) is 18.2 Å². The number of hydrogen-bond acceptors (Lipinski definition) is 6. The Balaban J connectivity index is 0.00000195. The van der Waals surface area contributed by atoms with Crippen LogP contribution in [0.3, 0.4) is 0 Å². The van der Waals surface area contributed by atoms with Crippen molar-refractivity contribution in [2.45, 2.75) is 60.7 Å². The predicted octanol–water partition coefficient (Wildman–Crippen LogP) is 8.13. The van der Waals surface area contributed by atoms with Gasteiger partial charge >= 0.3 is 5.97 Å². The highest BCUT2D eigenvalue weighted by molar-refractivity contribution is 5.91. The average Bonchev–Trinajstić information content (AvgIpc) is 3.33. The lowest BCUT2D eigenvalue weighted by atomic mass is 9.96.